The number of nitrogens with one attached hydrogen (secondary N) is 1. The van der Waals surface area contributed by atoms with Gasteiger partial charge in [0, 0.05) is 25.3 Å². The molecule has 0 unspecified atom stereocenters. The lowest BCUT2D eigenvalue weighted by molar-refractivity contribution is 0.0592. The molecule has 1 aromatic carbocycles. The van der Waals surface area contributed by atoms with Crippen molar-refractivity contribution >= 4 is 18.3 Å². The molecular formula is C19H25ClN4O. The zero-order valence-corrected chi connectivity index (χ0v) is 15.1. The van der Waals surface area contributed by atoms with Gasteiger partial charge in [-0.3, -0.25) is 9.48 Å². The summed E-state index contributed by atoms with van der Waals surface area (Å²) in [4.78, 5) is 14.8. The Morgan fingerprint density at radius 1 is 1.24 bits per heavy atom. The maximum atomic E-state index is 12.8. The molecule has 0 radical (unpaired) electrons. The lowest BCUT2D eigenvalue weighted by Gasteiger charge is -2.41. The highest BCUT2D eigenvalue weighted by Gasteiger charge is 2.33. The number of halogens is 1. The van der Waals surface area contributed by atoms with Crippen LogP contribution >= 0.6 is 12.4 Å². The van der Waals surface area contributed by atoms with E-state index in [2.05, 4.69) is 22.5 Å². The highest BCUT2D eigenvalue weighted by molar-refractivity contribution is 5.93. The molecule has 0 spiro atoms. The van der Waals surface area contributed by atoms with Crippen LogP contribution in [0.25, 0.3) is 0 Å². The van der Waals surface area contributed by atoms with E-state index in [1.165, 1.54) is 18.4 Å². The van der Waals surface area contributed by atoms with Crippen LogP contribution in [0.5, 0.6) is 0 Å². The van der Waals surface area contributed by atoms with Crippen molar-refractivity contribution in [3.8, 4) is 0 Å². The van der Waals surface area contributed by atoms with E-state index in [0.29, 0.717) is 24.1 Å². The summed E-state index contributed by atoms with van der Waals surface area (Å²) < 4.78 is 1.84. The van der Waals surface area contributed by atoms with Crippen LogP contribution in [0.2, 0.25) is 0 Å². The first-order chi connectivity index (χ1) is 11.8. The average molecular weight is 361 g/mol. The molecule has 134 valence electrons. The van der Waals surface area contributed by atoms with Crippen LogP contribution < -0.4 is 5.32 Å². The molecule has 0 aliphatic carbocycles. The van der Waals surface area contributed by atoms with Crippen LogP contribution in [0.4, 0.5) is 0 Å². The molecule has 2 saturated heterocycles. The molecule has 2 atom stereocenters. The second-order valence-corrected chi connectivity index (χ2v) is 6.91. The molecule has 2 aliphatic heterocycles. The lowest BCUT2D eigenvalue weighted by Crippen LogP contribution is -2.53. The van der Waals surface area contributed by atoms with Crippen LogP contribution in [-0.2, 0) is 6.54 Å². The molecule has 2 fully saturated rings. The van der Waals surface area contributed by atoms with E-state index in [9.17, 15) is 4.79 Å². The monoisotopic (exact) mass is 360 g/mol. The van der Waals surface area contributed by atoms with Gasteiger partial charge in [-0.25, -0.2) is 0 Å². The molecular weight excluding hydrogens is 336 g/mol. The first-order valence-corrected chi connectivity index (χ1v) is 8.88. The largest absolute Gasteiger partial charge is 0.338 e. The fraction of sp³-hybridized carbons (Fsp3) is 0.474. The quantitative estimate of drug-likeness (QED) is 0.915. The zero-order valence-electron chi connectivity index (χ0n) is 14.3. The minimum atomic E-state index is 0. The highest BCUT2D eigenvalue weighted by Crippen LogP contribution is 2.25. The summed E-state index contributed by atoms with van der Waals surface area (Å²) in [6.07, 6.45) is 7.10. The van der Waals surface area contributed by atoms with Crippen molar-refractivity contribution in [3.05, 3.63) is 53.9 Å². The van der Waals surface area contributed by atoms with Gasteiger partial charge in [0.1, 0.15) is 0 Å². The lowest BCUT2D eigenvalue weighted by atomic mass is 9.85. The molecule has 2 aliphatic rings. The number of nitrogens with zero attached hydrogens (tertiary/aromatic N) is 3. The summed E-state index contributed by atoms with van der Waals surface area (Å²) in [7, 11) is 0. The third-order valence-electron chi connectivity index (χ3n) is 5.25. The molecule has 4 rings (SSSR count). The summed E-state index contributed by atoms with van der Waals surface area (Å²) in [6, 6.07) is 10.8. The predicted octanol–water partition coefficient (Wildman–Crippen LogP) is 2.57. The number of hydrogen-bond donors (Lipinski definition) is 1. The van der Waals surface area contributed by atoms with Crippen LogP contribution in [0.3, 0.4) is 0 Å². The maximum Gasteiger partial charge on any atom is 0.257 e. The predicted molar refractivity (Wildman–Crippen MR) is 100 cm³/mol. The van der Waals surface area contributed by atoms with Gasteiger partial charge in [-0.15, -0.1) is 12.4 Å². The molecule has 25 heavy (non-hydrogen) atoms. The van der Waals surface area contributed by atoms with Gasteiger partial charge >= 0.3 is 0 Å². The Hall–Kier alpha value is -1.85. The zero-order chi connectivity index (χ0) is 16.4. The fourth-order valence-electron chi connectivity index (χ4n) is 3.94. The number of carbonyl (C=O) groups is 1. The smallest absolute Gasteiger partial charge is 0.257 e. The Labute approximate surface area is 154 Å². The van der Waals surface area contributed by atoms with Crippen molar-refractivity contribution in [2.45, 2.75) is 31.8 Å². The Balaban J connectivity index is 0.00000182. The van der Waals surface area contributed by atoms with Gasteiger partial charge in [0.2, 0.25) is 0 Å². The molecule has 6 heteroatoms. The van der Waals surface area contributed by atoms with Crippen LogP contribution in [0.15, 0.2) is 42.7 Å². The number of rotatable bonds is 3. The van der Waals surface area contributed by atoms with Crippen molar-refractivity contribution in [2.75, 3.05) is 19.6 Å². The van der Waals surface area contributed by atoms with Crippen LogP contribution in [0, 0.1) is 5.92 Å². The van der Waals surface area contributed by atoms with Crippen LogP contribution in [0.1, 0.15) is 35.2 Å². The molecule has 0 bridgehead atoms. The van der Waals surface area contributed by atoms with E-state index in [4.69, 9.17) is 0 Å². The molecule has 2 aromatic rings. The SMILES string of the molecule is Cl.O=C(c1cnn(Cc2ccccc2)c1)N1CC[C@@H]2NCCC[C@@H]2C1. The number of likely N-dealkylation sites (tertiary alicyclic amines) is 1. The van der Waals surface area contributed by atoms with E-state index < -0.39 is 0 Å². The van der Waals surface area contributed by atoms with E-state index >= 15 is 0 Å². The van der Waals surface area contributed by atoms with Crippen LogP contribution in [-0.4, -0.2) is 46.3 Å². The van der Waals surface area contributed by atoms with E-state index in [0.717, 1.165) is 26.1 Å². The number of carbonyl (C=O) groups excluding carboxylic acids is 1. The van der Waals surface area contributed by atoms with E-state index in [1.54, 1.807) is 6.20 Å². The Morgan fingerprint density at radius 2 is 2.08 bits per heavy atom. The molecule has 3 heterocycles. The number of aromatic nitrogens is 2. The van der Waals surface area contributed by atoms with E-state index in [1.807, 2.05) is 34.0 Å². The highest BCUT2D eigenvalue weighted by atomic mass is 35.5. The van der Waals surface area contributed by atoms with Crippen molar-refractivity contribution in [1.82, 2.24) is 20.0 Å². The standard InChI is InChI=1S/C19H24N4O.ClH/c24-19(22-10-8-18-16(13-22)7-4-9-20-18)17-11-21-23(14-17)12-15-5-2-1-3-6-15;/h1-3,5-6,11,14,16,18,20H,4,7-10,12-13H2;1H/t16-,18+;/m1./s1. The minimum Gasteiger partial charge on any atom is -0.338 e. The van der Waals surface area contributed by atoms with E-state index in [-0.39, 0.29) is 18.3 Å². The van der Waals surface area contributed by atoms with Crippen molar-refractivity contribution in [2.24, 2.45) is 5.92 Å². The van der Waals surface area contributed by atoms with Crippen molar-refractivity contribution in [1.29, 1.82) is 0 Å². The fourth-order valence-corrected chi connectivity index (χ4v) is 3.94. The first-order valence-electron chi connectivity index (χ1n) is 8.88. The number of piperidine rings is 2. The van der Waals surface area contributed by atoms with Gasteiger partial charge in [0.05, 0.1) is 18.3 Å². The van der Waals surface area contributed by atoms with Crippen molar-refractivity contribution in [3.63, 3.8) is 0 Å². The maximum absolute atomic E-state index is 12.8. The third-order valence-corrected chi connectivity index (χ3v) is 5.25. The Bertz CT molecular complexity index is 702. The topological polar surface area (TPSA) is 50.2 Å². The molecule has 5 nitrogen and oxygen atoms in total. The summed E-state index contributed by atoms with van der Waals surface area (Å²) in [5.74, 6) is 0.731. The second-order valence-electron chi connectivity index (χ2n) is 6.91. The molecule has 0 saturated carbocycles. The second kappa shape index (κ2) is 8.02. The van der Waals surface area contributed by atoms with Gasteiger partial charge in [-0.05, 0) is 37.3 Å². The Kier molecular flexibility index (Phi) is 5.76. The normalized spacial score (nSPS) is 22.8. The third kappa shape index (κ3) is 4.05. The van der Waals surface area contributed by atoms with Gasteiger partial charge in [0.15, 0.2) is 0 Å². The molecule has 1 N–H and O–H groups in total. The summed E-state index contributed by atoms with van der Waals surface area (Å²) in [5, 5.41) is 7.96. The molecule has 1 amide bonds. The summed E-state index contributed by atoms with van der Waals surface area (Å²) >= 11 is 0. The Morgan fingerprint density at radius 3 is 2.92 bits per heavy atom. The van der Waals surface area contributed by atoms with Gasteiger partial charge in [0.25, 0.3) is 5.91 Å². The average Bonchev–Trinajstić information content (AvgIpc) is 3.10. The van der Waals surface area contributed by atoms with Gasteiger partial charge in [-0.2, -0.15) is 5.10 Å². The number of benzene rings is 1. The summed E-state index contributed by atoms with van der Waals surface area (Å²) in [5.41, 5.74) is 1.89. The number of fused-ring (bicyclic) bond motifs is 1. The minimum absolute atomic E-state index is 0. The number of hydrogen-bond acceptors (Lipinski definition) is 3. The molecule has 1 aromatic heterocycles. The first kappa shape index (κ1) is 18.0. The number of amides is 1. The van der Waals surface area contributed by atoms with Crippen molar-refractivity contribution < 1.29 is 4.79 Å². The summed E-state index contributed by atoms with van der Waals surface area (Å²) in [6.45, 7) is 3.54. The van der Waals surface area contributed by atoms with Gasteiger partial charge < -0.3 is 10.2 Å². The van der Waals surface area contributed by atoms with Gasteiger partial charge in [-0.1, -0.05) is 30.3 Å².